The zero-order chi connectivity index (χ0) is 22.8. The summed E-state index contributed by atoms with van der Waals surface area (Å²) in [6.07, 6.45) is -7.89. The van der Waals surface area contributed by atoms with Crippen LogP contribution >= 0.6 is 0 Å². The first-order valence-corrected chi connectivity index (χ1v) is 9.37. The molecule has 170 valence electrons. The maximum absolute atomic E-state index is 14.0. The lowest BCUT2D eigenvalue weighted by atomic mass is 9.90. The van der Waals surface area contributed by atoms with Crippen LogP contribution in [-0.4, -0.2) is 42.6 Å². The fourth-order valence-corrected chi connectivity index (χ4v) is 3.41. The Kier molecular flexibility index (Phi) is 5.22. The van der Waals surface area contributed by atoms with Crippen molar-refractivity contribution in [3.63, 3.8) is 0 Å². The summed E-state index contributed by atoms with van der Waals surface area (Å²) >= 11 is 0. The summed E-state index contributed by atoms with van der Waals surface area (Å²) in [5.41, 5.74) is -2.21. The highest BCUT2D eigenvalue weighted by molar-refractivity contribution is 5.84. The second kappa shape index (κ2) is 7.38. The molecular weight excluding hydrogens is 435 g/mol. The van der Waals surface area contributed by atoms with E-state index in [1.807, 2.05) is 0 Å². The standard InChI is InChI=1S/C19H17F5O7/c1-4-19(2,3)18(26)30-13-11-12(27-15(13)25)14-17(28-11)31-16(29-14)5-6(20)8(22)10(24)9(23)7(5)21/h11-14,16-17H,4H2,1-3H3/t11-,12-,13-,14+,16?,17+/m0/s1. The third kappa shape index (κ3) is 3.28. The van der Waals surface area contributed by atoms with Crippen molar-refractivity contribution in [3.05, 3.63) is 34.6 Å². The van der Waals surface area contributed by atoms with Gasteiger partial charge in [0, 0.05) is 0 Å². The molecule has 7 nitrogen and oxygen atoms in total. The van der Waals surface area contributed by atoms with Gasteiger partial charge in [0.15, 0.2) is 48.1 Å². The number of hydrogen-bond acceptors (Lipinski definition) is 7. The molecule has 31 heavy (non-hydrogen) atoms. The van der Waals surface area contributed by atoms with Crippen molar-refractivity contribution < 1.29 is 55.2 Å². The van der Waals surface area contributed by atoms with Gasteiger partial charge in [-0.1, -0.05) is 6.92 Å². The molecule has 3 aliphatic heterocycles. The molecule has 1 aromatic rings. The predicted octanol–water partition coefficient (Wildman–Crippen LogP) is 2.79. The van der Waals surface area contributed by atoms with Gasteiger partial charge in [0.25, 0.3) is 0 Å². The van der Waals surface area contributed by atoms with Gasteiger partial charge in [-0.3, -0.25) is 4.79 Å². The summed E-state index contributed by atoms with van der Waals surface area (Å²) in [6.45, 7) is 5.01. The summed E-state index contributed by atoms with van der Waals surface area (Å²) in [7, 11) is 0. The fraction of sp³-hybridized carbons (Fsp3) is 0.579. The highest BCUT2D eigenvalue weighted by atomic mass is 19.2. The van der Waals surface area contributed by atoms with Crippen molar-refractivity contribution in [2.45, 2.75) is 64.2 Å². The molecule has 3 fully saturated rings. The lowest BCUT2D eigenvalue weighted by Crippen LogP contribution is -2.39. The number of rotatable bonds is 4. The van der Waals surface area contributed by atoms with Crippen LogP contribution in [0.15, 0.2) is 0 Å². The number of carbonyl (C=O) groups excluding carboxylic acids is 2. The minimum atomic E-state index is -2.32. The zero-order valence-corrected chi connectivity index (χ0v) is 16.4. The highest BCUT2D eigenvalue weighted by Crippen LogP contribution is 2.45. The quantitative estimate of drug-likeness (QED) is 0.301. The number of ether oxygens (including phenoxy) is 5. The summed E-state index contributed by atoms with van der Waals surface area (Å²) in [5, 5.41) is 0. The number of fused-ring (bicyclic) bond motifs is 3. The molecule has 0 bridgehead atoms. The monoisotopic (exact) mass is 452 g/mol. The molecule has 6 atom stereocenters. The van der Waals surface area contributed by atoms with Gasteiger partial charge in [0.05, 0.1) is 11.0 Å². The molecule has 0 aromatic heterocycles. The van der Waals surface area contributed by atoms with Crippen molar-refractivity contribution >= 4 is 11.9 Å². The SMILES string of the molecule is CCC(C)(C)C(=O)O[C@@H]1C(=O)O[C@@H]2[C@H]3OC(c4c(F)c(F)c(F)c(F)c4F)O[C@H]3O[C@@H]21. The third-order valence-electron chi connectivity index (χ3n) is 5.68. The van der Waals surface area contributed by atoms with E-state index >= 15 is 0 Å². The van der Waals surface area contributed by atoms with Crippen LogP contribution in [0.5, 0.6) is 0 Å². The number of benzene rings is 1. The van der Waals surface area contributed by atoms with E-state index in [1.54, 1.807) is 20.8 Å². The van der Waals surface area contributed by atoms with Crippen LogP contribution in [0.25, 0.3) is 0 Å². The molecule has 0 radical (unpaired) electrons. The summed E-state index contributed by atoms with van der Waals surface area (Å²) < 4.78 is 94.7. The van der Waals surface area contributed by atoms with Crippen LogP contribution in [-0.2, 0) is 33.3 Å². The summed E-state index contributed by atoms with van der Waals surface area (Å²) in [4.78, 5) is 24.5. The van der Waals surface area contributed by atoms with E-state index in [9.17, 15) is 31.5 Å². The van der Waals surface area contributed by atoms with Crippen LogP contribution in [0.2, 0.25) is 0 Å². The predicted molar refractivity (Wildman–Crippen MR) is 87.4 cm³/mol. The smallest absolute Gasteiger partial charge is 0.350 e. The molecule has 3 heterocycles. The molecule has 1 unspecified atom stereocenters. The third-order valence-corrected chi connectivity index (χ3v) is 5.68. The van der Waals surface area contributed by atoms with Gasteiger partial charge in [-0.15, -0.1) is 0 Å². The Bertz CT molecular complexity index is 923. The van der Waals surface area contributed by atoms with Gasteiger partial charge in [0.2, 0.25) is 11.9 Å². The van der Waals surface area contributed by atoms with Crippen molar-refractivity contribution in [1.29, 1.82) is 0 Å². The average molecular weight is 452 g/mol. The Morgan fingerprint density at radius 3 is 2.06 bits per heavy atom. The van der Waals surface area contributed by atoms with E-state index in [2.05, 4.69) is 0 Å². The fourth-order valence-electron chi connectivity index (χ4n) is 3.41. The molecular formula is C19H17F5O7. The van der Waals surface area contributed by atoms with Gasteiger partial charge in [-0.25, -0.2) is 26.7 Å². The highest BCUT2D eigenvalue weighted by Gasteiger charge is 2.64. The maximum atomic E-state index is 14.0. The number of hydrogen-bond donors (Lipinski definition) is 0. The van der Waals surface area contributed by atoms with E-state index in [0.717, 1.165) is 0 Å². The first-order valence-electron chi connectivity index (χ1n) is 9.37. The molecule has 0 amide bonds. The first kappa shape index (κ1) is 21.9. The molecule has 0 N–H and O–H groups in total. The Labute approximate surface area is 172 Å². The van der Waals surface area contributed by atoms with Crippen LogP contribution in [0.4, 0.5) is 22.0 Å². The number of carbonyl (C=O) groups is 2. The van der Waals surface area contributed by atoms with Gasteiger partial charge in [0.1, 0.15) is 6.10 Å². The van der Waals surface area contributed by atoms with Crippen LogP contribution in [0.3, 0.4) is 0 Å². The van der Waals surface area contributed by atoms with E-state index < -0.39 is 89.0 Å². The molecule has 3 aliphatic rings. The van der Waals surface area contributed by atoms with Crippen molar-refractivity contribution in [1.82, 2.24) is 0 Å². The Hall–Kier alpha value is -2.31. The Morgan fingerprint density at radius 1 is 0.903 bits per heavy atom. The normalized spacial score (nSPS) is 32.1. The minimum Gasteiger partial charge on any atom is -0.454 e. The molecule has 4 rings (SSSR count). The van der Waals surface area contributed by atoms with Crippen LogP contribution < -0.4 is 0 Å². The summed E-state index contributed by atoms with van der Waals surface area (Å²) in [6, 6.07) is 0. The van der Waals surface area contributed by atoms with Gasteiger partial charge in [-0.05, 0) is 20.3 Å². The van der Waals surface area contributed by atoms with Crippen molar-refractivity contribution in [2.24, 2.45) is 5.41 Å². The van der Waals surface area contributed by atoms with Crippen LogP contribution in [0, 0.1) is 34.5 Å². The number of halogens is 5. The zero-order valence-electron chi connectivity index (χ0n) is 16.4. The van der Waals surface area contributed by atoms with Gasteiger partial charge >= 0.3 is 11.9 Å². The van der Waals surface area contributed by atoms with Gasteiger partial charge < -0.3 is 23.7 Å². The molecule has 0 aliphatic carbocycles. The minimum absolute atomic E-state index is 0.434. The maximum Gasteiger partial charge on any atom is 0.350 e. The Morgan fingerprint density at radius 2 is 1.48 bits per heavy atom. The lowest BCUT2D eigenvalue weighted by Gasteiger charge is -2.24. The number of esters is 2. The van der Waals surface area contributed by atoms with E-state index in [4.69, 9.17) is 23.7 Å². The van der Waals surface area contributed by atoms with E-state index in [0.29, 0.717) is 6.42 Å². The first-order chi connectivity index (χ1) is 14.5. The van der Waals surface area contributed by atoms with Crippen molar-refractivity contribution in [3.8, 4) is 0 Å². The topological polar surface area (TPSA) is 80.3 Å². The molecule has 1 aromatic carbocycles. The van der Waals surface area contributed by atoms with E-state index in [-0.39, 0.29) is 0 Å². The molecule has 12 heteroatoms. The van der Waals surface area contributed by atoms with Crippen LogP contribution in [0.1, 0.15) is 39.0 Å². The molecule has 0 spiro atoms. The largest absolute Gasteiger partial charge is 0.454 e. The van der Waals surface area contributed by atoms with E-state index in [1.165, 1.54) is 0 Å². The second-order valence-corrected chi connectivity index (χ2v) is 7.99. The molecule has 0 saturated carbocycles. The second-order valence-electron chi connectivity index (χ2n) is 7.99. The Balaban J connectivity index is 1.53. The molecule has 3 saturated heterocycles. The van der Waals surface area contributed by atoms with Crippen molar-refractivity contribution in [2.75, 3.05) is 0 Å². The average Bonchev–Trinajstić information content (AvgIpc) is 3.36. The lowest BCUT2D eigenvalue weighted by molar-refractivity contribution is -0.189. The van der Waals surface area contributed by atoms with Gasteiger partial charge in [-0.2, -0.15) is 0 Å². The summed E-state index contributed by atoms with van der Waals surface area (Å²) in [5.74, 6) is -12.5.